The molecule has 0 aromatic carbocycles. The molecule has 0 spiro atoms. The molecule has 0 bridgehead atoms. The zero-order valence-corrected chi connectivity index (χ0v) is 8.42. The van der Waals surface area contributed by atoms with Crippen LogP contribution in [0.5, 0.6) is 0 Å². The van der Waals surface area contributed by atoms with Gasteiger partial charge in [0.1, 0.15) is 0 Å². The van der Waals surface area contributed by atoms with Crippen molar-refractivity contribution < 1.29 is 5.11 Å². The van der Waals surface area contributed by atoms with Crippen LogP contribution in [0.25, 0.3) is 0 Å². The molecule has 1 rings (SSSR count). The van der Waals surface area contributed by atoms with Gasteiger partial charge in [-0.2, -0.15) is 0 Å². The average Bonchev–Trinajstić information content (AvgIpc) is 2.14. The van der Waals surface area contributed by atoms with E-state index in [0.717, 1.165) is 6.54 Å². The number of aliphatic hydroxyl groups is 1. The summed E-state index contributed by atoms with van der Waals surface area (Å²) < 4.78 is 0. The predicted molar refractivity (Wildman–Crippen MR) is 54.4 cm³/mol. The molecule has 1 aliphatic rings. The summed E-state index contributed by atoms with van der Waals surface area (Å²) in [7, 11) is 0. The van der Waals surface area contributed by atoms with Gasteiger partial charge in [0.25, 0.3) is 0 Å². The van der Waals surface area contributed by atoms with Gasteiger partial charge in [0, 0.05) is 6.42 Å². The Morgan fingerprint density at radius 3 is 2.54 bits per heavy atom. The summed E-state index contributed by atoms with van der Waals surface area (Å²) in [5.41, 5.74) is 0. The molecule has 2 nitrogen and oxygen atoms in total. The molecule has 1 heterocycles. The highest BCUT2D eigenvalue weighted by atomic mass is 16.3. The van der Waals surface area contributed by atoms with Gasteiger partial charge in [-0.1, -0.05) is 18.3 Å². The number of aliphatic hydroxyl groups excluding tert-OH is 1. The third-order valence-corrected chi connectivity index (χ3v) is 2.27. The molecule has 0 amide bonds. The zero-order valence-electron chi connectivity index (χ0n) is 8.42. The van der Waals surface area contributed by atoms with Gasteiger partial charge in [0.05, 0.1) is 12.6 Å². The van der Waals surface area contributed by atoms with Crippen molar-refractivity contribution in [2.75, 3.05) is 19.6 Å². The lowest BCUT2D eigenvalue weighted by molar-refractivity contribution is 0.201. The fourth-order valence-electron chi connectivity index (χ4n) is 1.51. The minimum atomic E-state index is -0.283. The summed E-state index contributed by atoms with van der Waals surface area (Å²) in [6.07, 6.45) is 4.33. The topological polar surface area (TPSA) is 23.5 Å². The van der Waals surface area contributed by atoms with Crippen LogP contribution in [0.1, 0.15) is 32.6 Å². The third-order valence-electron chi connectivity index (χ3n) is 2.27. The summed E-state index contributed by atoms with van der Waals surface area (Å²) in [5, 5.41) is 8.97. The Bertz CT molecular complexity index is 184. The Balaban J connectivity index is 2.11. The Morgan fingerprint density at radius 2 is 1.92 bits per heavy atom. The molecule has 1 aliphatic heterocycles. The van der Waals surface area contributed by atoms with E-state index in [1.807, 2.05) is 0 Å². The number of hydrogen-bond donors (Lipinski definition) is 1. The average molecular weight is 181 g/mol. The van der Waals surface area contributed by atoms with E-state index in [-0.39, 0.29) is 6.10 Å². The van der Waals surface area contributed by atoms with Crippen LogP contribution in [0.15, 0.2) is 0 Å². The van der Waals surface area contributed by atoms with Crippen LogP contribution >= 0.6 is 0 Å². The molecule has 0 aromatic heterocycles. The van der Waals surface area contributed by atoms with Gasteiger partial charge in [0.15, 0.2) is 0 Å². The van der Waals surface area contributed by atoms with Crippen molar-refractivity contribution in [1.82, 2.24) is 4.90 Å². The second-order valence-corrected chi connectivity index (χ2v) is 3.74. The first-order chi connectivity index (χ1) is 6.29. The highest BCUT2D eigenvalue weighted by molar-refractivity contribution is 5.02. The highest BCUT2D eigenvalue weighted by Crippen LogP contribution is 2.07. The number of nitrogens with zero attached hydrogens (tertiary/aromatic N) is 1. The highest BCUT2D eigenvalue weighted by Gasteiger charge is 2.07. The molecule has 1 fully saturated rings. The van der Waals surface area contributed by atoms with E-state index in [0.29, 0.717) is 6.42 Å². The molecule has 0 aliphatic carbocycles. The van der Waals surface area contributed by atoms with Crippen LogP contribution in [-0.4, -0.2) is 35.7 Å². The maximum Gasteiger partial charge on any atom is 0.0621 e. The number of piperidine rings is 1. The minimum Gasteiger partial charge on any atom is -0.392 e. The monoisotopic (exact) mass is 181 g/mol. The van der Waals surface area contributed by atoms with Gasteiger partial charge in [-0.05, 0) is 32.9 Å². The van der Waals surface area contributed by atoms with Crippen molar-refractivity contribution in [3.63, 3.8) is 0 Å². The molecular weight excluding hydrogens is 162 g/mol. The van der Waals surface area contributed by atoms with Gasteiger partial charge >= 0.3 is 0 Å². The van der Waals surface area contributed by atoms with Gasteiger partial charge < -0.3 is 5.11 Å². The van der Waals surface area contributed by atoms with Crippen LogP contribution < -0.4 is 0 Å². The molecular formula is C11H19NO. The van der Waals surface area contributed by atoms with Crippen LogP contribution in [-0.2, 0) is 0 Å². The van der Waals surface area contributed by atoms with Crippen molar-refractivity contribution in [1.29, 1.82) is 0 Å². The molecule has 74 valence electrons. The maximum absolute atomic E-state index is 8.97. The second-order valence-electron chi connectivity index (χ2n) is 3.74. The Labute approximate surface area is 80.9 Å². The zero-order chi connectivity index (χ0) is 9.52. The van der Waals surface area contributed by atoms with Crippen LogP contribution in [0.2, 0.25) is 0 Å². The van der Waals surface area contributed by atoms with Crippen molar-refractivity contribution in [2.24, 2.45) is 0 Å². The fourth-order valence-corrected chi connectivity index (χ4v) is 1.51. The number of likely N-dealkylation sites (tertiary alicyclic amines) is 1. The standard InChI is InChI=1S/C11H19NO/c1-11(13)7-3-6-10-12-8-4-2-5-9-12/h11,13H,2,4-5,7-10H2,1H3/t11-/m0/s1. The molecule has 1 saturated heterocycles. The number of hydrogen-bond acceptors (Lipinski definition) is 2. The van der Waals surface area contributed by atoms with Crippen LogP contribution in [0.4, 0.5) is 0 Å². The van der Waals surface area contributed by atoms with Crippen molar-refractivity contribution in [3.8, 4) is 11.8 Å². The SMILES string of the molecule is C[C@H](O)CC#CCN1CCCCC1. The lowest BCUT2D eigenvalue weighted by Crippen LogP contribution is -2.29. The smallest absolute Gasteiger partial charge is 0.0621 e. The Hall–Kier alpha value is -0.520. The van der Waals surface area contributed by atoms with Gasteiger partial charge in [0.2, 0.25) is 0 Å². The van der Waals surface area contributed by atoms with Gasteiger partial charge in [-0.25, -0.2) is 0 Å². The van der Waals surface area contributed by atoms with Crippen LogP contribution in [0.3, 0.4) is 0 Å². The normalized spacial score (nSPS) is 20.5. The first-order valence-corrected chi connectivity index (χ1v) is 5.15. The molecule has 0 aromatic rings. The van der Waals surface area contributed by atoms with Gasteiger partial charge in [-0.15, -0.1) is 0 Å². The summed E-state index contributed by atoms with van der Waals surface area (Å²) in [4.78, 5) is 2.39. The Morgan fingerprint density at radius 1 is 1.23 bits per heavy atom. The molecule has 1 N–H and O–H groups in total. The van der Waals surface area contributed by atoms with Gasteiger partial charge in [-0.3, -0.25) is 4.90 Å². The molecule has 2 heteroatoms. The fraction of sp³-hybridized carbons (Fsp3) is 0.818. The summed E-state index contributed by atoms with van der Waals surface area (Å²) >= 11 is 0. The van der Waals surface area contributed by atoms with Crippen molar-refractivity contribution in [3.05, 3.63) is 0 Å². The van der Waals surface area contributed by atoms with E-state index in [4.69, 9.17) is 5.11 Å². The van der Waals surface area contributed by atoms with E-state index >= 15 is 0 Å². The first-order valence-electron chi connectivity index (χ1n) is 5.15. The molecule has 13 heavy (non-hydrogen) atoms. The van der Waals surface area contributed by atoms with Crippen molar-refractivity contribution in [2.45, 2.75) is 38.7 Å². The Kier molecular flexibility index (Phi) is 4.88. The van der Waals surface area contributed by atoms with E-state index in [1.165, 1.54) is 32.4 Å². The van der Waals surface area contributed by atoms with Crippen molar-refractivity contribution >= 4 is 0 Å². The van der Waals surface area contributed by atoms with Crippen LogP contribution in [0, 0.1) is 11.8 Å². The summed E-state index contributed by atoms with van der Waals surface area (Å²) in [5.74, 6) is 6.09. The quantitative estimate of drug-likeness (QED) is 0.648. The minimum absolute atomic E-state index is 0.283. The summed E-state index contributed by atoms with van der Waals surface area (Å²) in [6.45, 7) is 5.05. The maximum atomic E-state index is 8.97. The molecule has 0 unspecified atom stereocenters. The van der Waals surface area contributed by atoms with E-state index in [9.17, 15) is 0 Å². The lowest BCUT2D eigenvalue weighted by atomic mass is 10.1. The third kappa shape index (κ3) is 4.92. The summed E-state index contributed by atoms with van der Waals surface area (Å²) in [6, 6.07) is 0. The number of rotatable bonds is 2. The lowest BCUT2D eigenvalue weighted by Gasteiger charge is -2.23. The second kappa shape index (κ2) is 6.01. The molecule has 0 radical (unpaired) electrons. The largest absolute Gasteiger partial charge is 0.392 e. The van der Waals surface area contributed by atoms with E-state index < -0.39 is 0 Å². The first kappa shape index (κ1) is 10.6. The van der Waals surface area contributed by atoms with E-state index in [2.05, 4.69) is 16.7 Å². The molecule has 1 atom stereocenters. The van der Waals surface area contributed by atoms with E-state index in [1.54, 1.807) is 6.92 Å². The molecule has 0 saturated carbocycles. The predicted octanol–water partition coefficient (Wildman–Crippen LogP) is 1.25.